The number of hydrogen-bond acceptors (Lipinski definition) is 3. The Morgan fingerprint density at radius 3 is 2.68 bits per heavy atom. The maximum atomic E-state index is 11.9. The van der Waals surface area contributed by atoms with Gasteiger partial charge in [0.15, 0.2) is 0 Å². The molecule has 5 nitrogen and oxygen atoms in total. The van der Waals surface area contributed by atoms with E-state index in [0.29, 0.717) is 19.6 Å². The van der Waals surface area contributed by atoms with Crippen LogP contribution in [0.1, 0.15) is 12.0 Å². The Hall–Kier alpha value is -1.88. The van der Waals surface area contributed by atoms with Gasteiger partial charge in [0.2, 0.25) is 5.91 Å². The predicted octanol–water partition coefficient (Wildman–Crippen LogP) is 0.835. The highest BCUT2D eigenvalue weighted by molar-refractivity contribution is 5.85. The van der Waals surface area contributed by atoms with Crippen LogP contribution in [0.25, 0.3) is 0 Å². The smallest absolute Gasteiger partial charge is 0.326 e. The van der Waals surface area contributed by atoms with Crippen molar-refractivity contribution in [2.45, 2.75) is 18.9 Å². The van der Waals surface area contributed by atoms with Gasteiger partial charge in [0.25, 0.3) is 0 Å². The normalized spacial score (nSPS) is 19.9. The number of rotatable bonds is 5. The fraction of sp³-hybridized carbons (Fsp3) is 0.429. The molecule has 2 rings (SSSR count). The second kappa shape index (κ2) is 6.33. The number of carbonyl (C=O) groups excluding carboxylic acids is 1. The Morgan fingerprint density at radius 2 is 2.11 bits per heavy atom. The first-order valence-corrected chi connectivity index (χ1v) is 6.31. The molecule has 1 aromatic rings. The van der Waals surface area contributed by atoms with Crippen LogP contribution in [0.3, 0.4) is 0 Å². The minimum Gasteiger partial charge on any atom is -0.480 e. The summed E-state index contributed by atoms with van der Waals surface area (Å²) in [4.78, 5) is 23.1. The first kappa shape index (κ1) is 13.5. The molecule has 0 spiro atoms. The molecule has 0 bridgehead atoms. The first-order chi connectivity index (χ1) is 9.16. The van der Waals surface area contributed by atoms with E-state index in [0.717, 1.165) is 5.56 Å². The van der Waals surface area contributed by atoms with E-state index < -0.39 is 12.0 Å². The van der Waals surface area contributed by atoms with Crippen molar-refractivity contribution in [3.63, 3.8) is 0 Å². The van der Waals surface area contributed by atoms with Crippen LogP contribution >= 0.6 is 0 Å². The molecule has 1 aliphatic rings. The van der Waals surface area contributed by atoms with Crippen LogP contribution in [0.2, 0.25) is 0 Å². The molecule has 0 aromatic heterocycles. The van der Waals surface area contributed by atoms with E-state index in [2.05, 4.69) is 5.32 Å². The summed E-state index contributed by atoms with van der Waals surface area (Å²) in [6.45, 7) is 0.942. The molecule has 1 amide bonds. The van der Waals surface area contributed by atoms with Gasteiger partial charge in [-0.3, -0.25) is 4.79 Å². The van der Waals surface area contributed by atoms with Crippen molar-refractivity contribution in [2.24, 2.45) is 5.92 Å². The Balaban J connectivity index is 1.96. The lowest BCUT2D eigenvalue weighted by Gasteiger charge is -2.16. The molecule has 0 saturated carbocycles. The number of carboxylic acid groups (broad SMARTS) is 1. The van der Waals surface area contributed by atoms with Crippen LogP contribution in [0, 0.1) is 5.92 Å². The molecule has 2 N–H and O–H groups in total. The van der Waals surface area contributed by atoms with Gasteiger partial charge in [-0.25, -0.2) is 4.79 Å². The lowest BCUT2D eigenvalue weighted by atomic mass is 10.0. The van der Waals surface area contributed by atoms with E-state index in [9.17, 15) is 14.7 Å². The predicted molar refractivity (Wildman–Crippen MR) is 68.6 cm³/mol. The maximum absolute atomic E-state index is 11.9. The van der Waals surface area contributed by atoms with Gasteiger partial charge < -0.3 is 15.2 Å². The Kier molecular flexibility index (Phi) is 4.52. The molecule has 1 fully saturated rings. The molecule has 0 unspecified atom stereocenters. The van der Waals surface area contributed by atoms with Gasteiger partial charge in [-0.1, -0.05) is 30.3 Å². The summed E-state index contributed by atoms with van der Waals surface area (Å²) in [7, 11) is 0. The van der Waals surface area contributed by atoms with Crippen LogP contribution < -0.4 is 5.32 Å². The second-order valence-electron chi connectivity index (χ2n) is 4.65. The minimum atomic E-state index is -1.02. The topological polar surface area (TPSA) is 75.6 Å². The third kappa shape index (κ3) is 3.79. The largest absolute Gasteiger partial charge is 0.480 e. The molecule has 0 aliphatic carbocycles. The van der Waals surface area contributed by atoms with Crippen LogP contribution in [-0.2, 0) is 20.7 Å². The number of aliphatic carboxylic acids is 1. The van der Waals surface area contributed by atoms with Crippen molar-refractivity contribution < 1.29 is 19.4 Å². The molecule has 19 heavy (non-hydrogen) atoms. The van der Waals surface area contributed by atoms with Crippen molar-refractivity contribution in [3.8, 4) is 0 Å². The number of hydrogen-bond donors (Lipinski definition) is 2. The van der Waals surface area contributed by atoms with Crippen molar-refractivity contribution in [1.82, 2.24) is 5.32 Å². The highest BCUT2D eigenvalue weighted by Gasteiger charge is 2.28. The number of benzene rings is 1. The van der Waals surface area contributed by atoms with Gasteiger partial charge in [-0.15, -0.1) is 0 Å². The first-order valence-electron chi connectivity index (χ1n) is 6.31. The maximum Gasteiger partial charge on any atom is 0.326 e. The standard InChI is InChI=1S/C14H17NO4/c16-13(11-6-7-19-9-11)15-12(14(17)18)8-10-4-2-1-3-5-10/h1-5,11-12H,6-9H2,(H,15,16)(H,17,18)/t11-,12-/m0/s1. The van der Waals surface area contributed by atoms with E-state index in [1.54, 1.807) is 0 Å². The van der Waals surface area contributed by atoms with Crippen molar-refractivity contribution in [3.05, 3.63) is 35.9 Å². The van der Waals surface area contributed by atoms with Crippen molar-refractivity contribution in [2.75, 3.05) is 13.2 Å². The highest BCUT2D eigenvalue weighted by Crippen LogP contribution is 2.13. The zero-order valence-electron chi connectivity index (χ0n) is 10.5. The molecule has 0 radical (unpaired) electrons. The van der Waals surface area contributed by atoms with Gasteiger partial charge in [0, 0.05) is 13.0 Å². The molecule has 1 aliphatic heterocycles. The monoisotopic (exact) mass is 263 g/mol. The Labute approximate surface area is 111 Å². The van der Waals surface area contributed by atoms with Gasteiger partial charge in [0.05, 0.1) is 12.5 Å². The lowest BCUT2D eigenvalue weighted by molar-refractivity contribution is -0.142. The summed E-state index contributed by atoms with van der Waals surface area (Å²) < 4.78 is 5.13. The number of carbonyl (C=O) groups is 2. The van der Waals surface area contributed by atoms with Crippen LogP contribution in [0.5, 0.6) is 0 Å². The molecule has 5 heteroatoms. The van der Waals surface area contributed by atoms with Crippen LogP contribution in [0.15, 0.2) is 30.3 Å². The highest BCUT2D eigenvalue weighted by atomic mass is 16.5. The molecular formula is C14H17NO4. The molecule has 102 valence electrons. The van der Waals surface area contributed by atoms with Gasteiger partial charge in [-0.2, -0.15) is 0 Å². The Bertz CT molecular complexity index is 440. The summed E-state index contributed by atoms with van der Waals surface area (Å²) in [6.07, 6.45) is 0.943. The number of amides is 1. The summed E-state index contributed by atoms with van der Waals surface area (Å²) in [6, 6.07) is 8.37. The third-order valence-electron chi connectivity index (χ3n) is 3.20. The van der Waals surface area contributed by atoms with Gasteiger partial charge in [0.1, 0.15) is 6.04 Å². The summed E-state index contributed by atoms with van der Waals surface area (Å²) in [5, 5.41) is 11.8. The van der Waals surface area contributed by atoms with Crippen LogP contribution in [0.4, 0.5) is 0 Å². The third-order valence-corrected chi connectivity index (χ3v) is 3.20. The van der Waals surface area contributed by atoms with E-state index in [-0.39, 0.29) is 18.2 Å². The van der Waals surface area contributed by atoms with E-state index >= 15 is 0 Å². The Morgan fingerprint density at radius 1 is 1.37 bits per heavy atom. The van der Waals surface area contributed by atoms with E-state index in [4.69, 9.17) is 4.74 Å². The SMILES string of the molecule is O=C(N[C@@H](Cc1ccccc1)C(=O)O)[C@H]1CCOC1. The molecule has 2 atom stereocenters. The van der Waals surface area contributed by atoms with Gasteiger partial charge >= 0.3 is 5.97 Å². The van der Waals surface area contributed by atoms with Gasteiger partial charge in [-0.05, 0) is 12.0 Å². The molecular weight excluding hydrogens is 246 g/mol. The summed E-state index contributed by atoms with van der Waals surface area (Å²) >= 11 is 0. The number of carboxylic acids is 1. The zero-order valence-corrected chi connectivity index (χ0v) is 10.5. The van der Waals surface area contributed by atoms with Crippen molar-refractivity contribution >= 4 is 11.9 Å². The fourth-order valence-corrected chi connectivity index (χ4v) is 2.08. The zero-order chi connectivity index (χ0) is 13.7. The van der Waals surface area contributed by atoms with Crippen LogP contribution in [-0.4, -0.2) is 36.2 Å². The number of nitrogens with one attached hydrogen (secondary N) is 1. The second-order valence-corrected chi connectivity index (χ2v) is 4.65. The average molecular weight is 263 g/mol. The van der Waals surface area contributed by atoms with E-state index in [1.807, 2.05) is 30.3 Å². The van der Waals surface area contributed by atoms with Crippen molar-refractivity contribution in [1.29, 1.82) is 0 Å². The quantitative estimate of drug-likeness (QED) is 0.825. The molecule has 1 heterocycles. The molecule has 1 aromatic carbocycles. The van der Waals surface area contributed by atoms with E-state index in [1.165, 1.54) is 0 Å². The average Bonchev–Trinajstić information content (AvgIpc) is 2.93. The summed E-state index contributed by atoms with van der Waals surface area (Å²) in [5.74, 6) is -1.48. The minimum absolute atomic E-state index is 0.224. The number of ether oxygens (including phenoxy) is 1. The fourth-order valence-electron chi connectivity index (χ4n) is 2.08. The molecule has 1 saturated heterocycles. The lowest BCUT2D eigenvalue weighted by Crippen LogP contribution is -2.45. The summed E-state index contributed by atoms with van der Waals surface area (Å²) in [5.41, 5.74) is 0.887.